The van der Waals surface area contributed by atoms with Crippen molar-refractivity contribution in [1.29, 1.82) is 0 Å². The van der Waals surface area contributed by atoms with Crippen LogP contribution in [0.25, 0.3) is 0 Å². The van der Waals surface area contributed by atoms with E-state index in [4.69, 9.17) is 9.47 Å². The Balaban J connectivity index is 1.44. The average molecular weight is 360 g/mol. The summed E-state index contributed by atoms with van der Waals surface area (Å²) in [6.07, 6.45) is 10.1. The van der Waals surface area contributed by atoms with Crippen molar-refractivity contribution in [3.8, 4) is 0 Å². The number of carbonyl (C=O) groups is 2. The molecular weight excluding hydrogens is 328 g/mol. The number of hydrogen-bond acceptors (Lipinski definition) is 4. The first kappa shape index (κ1) is 17.1. The van der Waals surface area contributed by atoms with Crippen molar-refractivity contribution in [3.05, 3.63) is 0 Å². The van der Waals surface area contributed by atoms with Crippen molar-refractivity contribution in [3.63, 3.8) is 0 Å². The van der Waals surface area contributed by atoms with Crippen molar-refractivity contribution >= 4 is 11.9 Å². The molecule has 4 heteroatoms. The van der Waals surface area contributed by atoms with Gasteiger partial charge in [0.15, 0.2) is 0 Å². The van der Waals surface area contributed by atoms with Crippen LogP contribution in [0.4, 0.5) is 0 Å². The molecule has 5 aliphatic rings. The van der Waals surface area contributed by atoms with Crippen LogP contribution in [0.5, 0.6) is 0 Å². The molecule has 4 nitrogen and oxygen atoms in total. The molecule has 2 bridgehead atoms. The number of carbonyl (C=O) groups excluding carboxylic acids is 2. The Kier molecular flexibility index (Phi) is 3.45. The number of fused-ring (bicyclic) bond motifs is 3. The Morgan fingerprint density at radius 2 is 1.85 bits per heavy atom. The van der Waals surface area contributed by atoms with Gasteiger partial charge in [0.1, 0.15) is 11.7 Å². The topological polar surface area (TPSA) is 52.6 Å². The fourth-order valence-electron chi connectivity index (χ4n) is 8.37. The summed E-state index contributed by atoms with van der Waals surface area (Å²) in [5.41, 5.74) is 0.199. The van der Waals surface area contributed by atoms with Gasteiger partial charge in [-0.05, 0) is 75.0 Å². The quantitative estimate of drug-likeness (QED) is 0.656. The molecule has 4 saturated carbocycles. The van der Waals surface area contributed by atoms with Gasteiger partial charge in [0, 0.05) is 18.3 Å². The third-order valence-corrected chi connectivity index (χ3v) is 9.66. The summed E-state index contributed by atoms with van der Waals surface area (Å²) in [6.45, 7) is 6.36. The average Bonchev–Trinajstić information content (AvgIpc) is 2.99. The highest BCUT2D eigenvalue weighted by atomic mass is 16.6. The molecule has 0 aromatic heterocycles. The van der Waals surface area contributed by atoms with E-state index in [9.17, 15) is 9.59 Å². The van der Waals surface area contributed by atoms with Crippen molar-refractivity contribution in [2.45, 2.75) is 90.3 Å². The van der Waals surface area contributed by atoms with Crippen LogP contribution in [-0.4, -0.2) is 23.6 Å². The molecule has 5 fully saturated rings. The van der Waals surface area contributed by atoms with Gasteiger partial charge in [0.2, 0.25) is 0 Å². The van der Waals surface area contributed by atoms with E-state index in [0.717, 1.165) is 38.5 Å². The van der Waals surface area contributed by atoms with Crippen molar-refractivity contribution in [1.82, 2.24) is 0 Å². The largest absolute Gasteiger partial charge is 0.463 e. The Hall–Kier alpha value is -1.06. The maximum atomic E-state index is 12.5. The summed E-state index contributed by atoms with van der Waals surface area (Å²) in [4.78, 5) is 23.9. The zero-order chi connectivity index (χ0) is 18.3. The van der Waals surface area contributed by atoms with E-state index < -0.39 is 0 Å². The Bertz CT molecular complexity index is 659. The van der Waals surface area contributed by atoms with E-state index in [-0.39, 0.29) is 35.0 Å². The predicted molar refractivity (Wildman–Crippen MR) is 96.1 cm³/mol. The van der Waals surface area contributed by atoms with Crippen LogP contribution in [0.2, 0.25) is 0 Å². The fourth-order valence-corrected chi connectivity index (χ4v) is 8.37. The van der Waals surface area contributed by atoms with Gasteiger partial charge < -0.3 is 9.47 Å². The molecule has 0 unspecified atom stereocenters. The van der Waals surface area contributed by atoms with Crippen LogP contribution in [0.1, 0.15) is 78.6 Å². The van der Waals surface area contributed by atoms with Crippen molar-refractivity contribution in [2.24, 2.45) is 34.5 Å². The maximum Gasteiger partial charge on any atom is 0.310 e. The summed E-state index contributed by atoms with van der Waals surface area (Å²) >= 11 is 0. The van der Waals surface area contributed by atoms with Crippen LogP contribution >= 0.6 is 0 Å². The van der Waals surface area contributed by atoms with E-state index in [2.05, 4.69) is 13.8 Å². The molecule has 8 atom stereocenters. The molecule has 1 aliphatic heterocycles. The zero-order valence-corrected chi connectivity index (χ0v) is 16.4. The van der Waals surface area contributed by atoms with Gasteiger partial charge in [-0.25, -0.2) is 0 Å². The normalized spacial score (nSPS) is 54.7. The minimum atomic E-state index is -0.182. The lowest BCUT2D eigenvalue weighted by atomic mass is 9.44. The van der Waals surface area contributed by atoms with Crippen LogP contribution in [-0.2, 0) is 19.1 Å². The molecule has 0 amide bonds. The molecule has 0 radical (unpaired) electrons. The highest BCUT2D eigenvalue weighted by Crippen LogP contribution is 2.72. The van der Waals surface area contributed by atoms with E-state index in [1.54, 1.807) is 0 Å². The van der Waals surface area contributed by atoms with Crippen LogP contribution in [0, 0.1) is 34.5 Å². The molecule has 5 rings (SSSR count). The van der Waals surface area contributed by atoms with Gasteiger partial charge in [-0.1, -0.05) is 13.8 Å². The summed E-state index contributed by atoms with van der Waals surface area (Å²) in [7, 11) is 0. The standard InChI is InChI=1S/C22H32O4/c1-13(23)25-15-6-9-20(2)14(12-15)4-5-17-16(20)7-10-21(3)18-8-11-22(17,21)26-19(18)24/h14-18H,4-12H2,1-3H3/t14-,15+,16+,17-,18-,20+,21-,22+/m1/s1. The Labute approximate surface area is 156 Å². The van der Waals surface area contributed by atoms with Crippen molar-refractivity contribution < 1.29 is 19.1 Å². The SMILES string of the molecule is CC(=O)O[C@H]1CC[C@@]2(C)[C@H](CC[C@@H]3[C@@H]2CC[C@]2(C)[C@@H]4CC[C@]32OC4=O)C1. The molecule has 0 aromatic carbocycles. The predicted octanol–water partition coefficient (Wildman–Crippen LogP) is 4.26. The van der Waals surface area contributed by atoms with Crippen LogP contribution in [0.15, 0.2) is 0 Å². The first-order chi connectivity index (χ1) is 12.3. The van der Waals surface area contributed by atoms with Gasteiger partial charge in [0.25, 0.3) is 0 Å². The Morgan fingerprint density at radius 1 is 1.04 bits per heavy atom. The first-order valence-electron chi connectivity index (χ1n) is 10.7. The zero-order valence-electron chi connectivity index (χ0n) is 16.4. The Morgan fingerprint density at radius 3 is 2.58 bits per heavy atom. The number of esters is 2. The monoisotopic (exact) mass is 360 g/mol. The number of ether oxygens (including phenoxy) is 2. The molecule has 0 aromatic rings. The van der Waals surface area contributed by atoms with Gasteiger partial charge in [-0.2, -0.15) is 0 Å². The lowest BCUT2D eigenvalue weighted by Crippen LogP contribution is -2.61. The third kappa shape index (κ3) is 1.91. The smallest absolute Gasteiger partial charge is 0.310 e. The summed E-state index contributed by atoms with van der Waals surface area (Å²) < 4.78 is 11.8. The minimum absolute atomic E-state index is 0.0728. The minimum Gasteiger partial charge on any atom is -0.463 e. The fraction of sp³-hybridized carbons (Fsp3) is 0.909. The molecule has 1 saturated heterocycles. The van der Waals surface area contributed by atoms with Gasteiger partial charge in [-0.15, -0.1) is 0 Å². The van der Waals surface area contributed by atoms with E-state index in [0.29, 0.717) is 23.2 Å². The summed E-state index contributed by atoms with van der Waals surface area (Å²) in [5, 5.41) is 0. The second kappa shape index (κ2) is 5.26. The van der Waals surface area contributed by atoms with Gasteiger partial charge in [0.05, 0.1) is 5.92 Å². The first-order valence-corrected chi connectivity index (χ1v) is 10.7. The molecule has 0 spiro atoms. The molecule has 144 valence electrons. The molecule has 4 aliphatic carbocycles. The lowest BCUT2D eigenvalue weighted by Gasteiger charge is -2.62. The third-order valence-electron chi connectivity index (χ3n) is 9.66. The molecular formula is C22H32O4. The van der Waals surface area contributed by atoms with Crippen molar-refractivity contribution in [2.75, 3.05) is 0 Å². The molecule has 0 N–H and O–H groups in total. The highest BCUT2D eigenvalue weighted by Gasteiger charge is 2.74. The number of hydrogen-bond donors (Lipinski definition) is 0. The van der Waals surface area contributed by atoms with E-state index in [1.165, 1.54) is 26.2 Å². The lowest BCUT2D eigenvalue weighted by molar-refractivity contribution is -0.203. The summed E-state index contributed by atoms with van der Waals surface area (Å²) in [5.74, 6) is 1.91. The maximum absolute atomic E-state index is 12.5. The van der Waals surface area contributed by atoms with Crippen LogP contribution < -0.4 is 0 Å². The van der Waals surface area contributed by atoms with Gasteiger partial charge >= 0.3 is 11.9 Å². The van der Waals surface area contributed by atoms with Crippen LogP contribution in [0.3, 0.4) is 0 Å². The highest BCUT2D eigenvalue weighted by molar-refractivity contribution is 5.78. The second-order valence-electron chi connectivity index (χ2n) is 10.4. The summed E-state index contributed by atoms with van der Waals surface area (Å²) in [6, 6.07) is 0. The van der Waals surface area contributed by atoms with E-state index in [1.807, 2.05) is 0 Å². The molecule has 1 heterocycles. The van der Waals surface area contributed by atoms with Gasteiger partial charge in [-0.3, -0.25) is 9.59 Å². The number of rotatable bonds is 1. The second-order valence-corrected chi connectivity index (χ2v) is 10.4. The molecule has 26 heavy (non-hydrogen) atoms. The van der Waals surface area contributed by atoms with E-state index >= 15 is 0 Å².